The van der Waals surface area contributed by atoms with Crippen molar-refractivity contribution in [1.29, 1.82) is 0 Å². The number of carbonyl (C=O) groups is 1. The third-order valence-electron chi connectivity index (χ3n) is 1.86. The Morgan fingerprint density at radius 3 is 2.50 bits per heavy atom. The van der Waals surface area contributed by atoms with Gasteiger partial charge in [-0.15, -0.1) is 0 Å². The van der Waals surface area contributed by atoms with E-state index >= 15 is 0 Å². The fourth-order valence-corrected chi connectivity index (χ4v) is 1.10. The van der Waals surface area contributed by atoms with Crippen molar-refractivity contribution in [3.63, 3.8) is 0 Å². The van der Waals surface area contributed by atoms with Crippen LogP contribution in [-0.4, -0.2) is 42.9 Å². The molecule has 0 unspecified atom stereocenters. The van der Waals surface area contributed by atoms with Gasteiger partial charge in [-0.05, 0) is 19.4 Å². The molecule has 14 heavy (non-hydrogen) atoms. The number of ether oxygens (including phenoxy) is 1. The number of aliphatic hydroxyl groups is 1. The monoisotopic (exact) mass is 202 g/mol. The highest BCUT2D eigenvalue weighted by molar-refractivity contribution is 5.85. The number of carbonyl (C=O) groups excluding carboxylic acids is 1. The van der Waals surface area contributed by atoms with Crippen molar-refractivity contribution in [2.75, 3.05) is 27.4 Å². The molecule has 0 aromatic heterocycles. The quantitative estimate of drug-likeness (QED) is 0.241. The molecule has 4 heteroatoms. The minimum Gasteiger partial charge on any atom is -0.502 e. The van der Waals surface area contributed by atoms with E-state index in [1.807, 2.05) is 14.1 Å². The Morgan fingerprint density at radius 2 is 2.07 bits per heavy atom. The van der Waals surface area contributed by atoms with Gasteiger partial charge in [-0.1, -0.05) is 6.92 Å². The molecule has 0 rings (SSSR count). The SMILES string of the molecule is CC=C(O)C(=O)OC[N+](C)(C)CCC. The molecule has 0 aliphatic rings. The highest BCUT2D eigenvalue weighted by Gasteiger charge is 2.17. The summed E-state index contributed by atoms with van der Waals surface area (Å²) in [7, 11) is 3.95. The van der Waals surface area contributed by atoms with Crippen molar-refractivity contribution in [2.45, 2.75) is 20.3 Å². The van der Waals surface area contributed by atoms with Crippen molar-refractivity contribution in [3.05, 3.63) is 11.8 Å². The molecule has 0 aromatic rings. The van der Waals surface area contributed by atoms with Crippen molar-refractivity contribution in [3.8, 4) is 0 Å². The molecular weight excluding hydrogens is 182 g/mol. The zero-order chi connectivity index (χ0) is 11.2. The summed E-state index contributed by atoms with van der Waals surface area (Å²) in [5, 5.41) is 9.03. The van der Waals surface area contributed by atoms with E-state index in [4.69, 9.17) is 9.84 Å². The average molecular weight is 202 g/mol. The normalized spacial score (nSPS) is 12.7. The molecule has 0 aliphatic carbocycles. The summed E-state index contributed by atoms with van der Waals surface area (Å²) < 4.78 is 5.54. The first kappa shape index (κ1) is 13.0. The Bertz CT molecular complexity index is 221. The molecule has 0 saturated heterocycles. The highest BCUT2D eigenvalue weighted by atomic mass is 16.6. The molecule has 0 bridgehead atoms. The van der Waals surface area contributed by atoms with E-state index < -0.39 is 5.97 Å². The van der Waals surface area contributed by atoms with Crippen molar-refractivity contribution in [1.82, 2.24) is 0 Å². The van der Waals surface area contributed by atoms with Gasteiger partial charge in [-0.25, -0.2) is 4.79 Å². The lowest BCUT2D eigenvalue weighted by molar-refractivity contribution is -0.907. The van der Waals surface area contributed by atoms with Gasteiger partial charge in [0.05, 0.1) is 20.6 Å². The number of quaternary nitrogens is 1. The first-order chi connectivity index (χ1) is 6.43. The summed E-state index contributed by atoms with van der Waals surface area (Å²) in [5.74, 6) is -0.990. The van der Waals surface area contributed by atoms with E-state index in [0.717, 1.165) is 13.0 Å². The largest absolute Gasteiger partial charge is 0.502 e. The summed E-state index contributed by atoms with van der Waals surface area (Å²) >= 11 is 0. The van der Waals surface area contributed by atoms with E-state index in [-0.39, 0.29) is 12.5 Å². The Labute approximate surface area is 85.4 Å². The topological polar surface area (TPSA) is 46.5 Å². The second-order valence-electron chi connectivity index (χ2n) is 3.89. The summed E-state index contributed by atoms with van der Waals surface area (Å²) in [6, 6.07) is 0. The summed E-state index contributed by atoms with van der Waals surface area (Å²) in [5.41, 5.74) is 0. The van der Waals surface area contributed by atoms with Crippen LogP contribution in [0.25, 0.3) is 0 Å². The minimum atomic E-state index is -0.658. The predicted molar refractivity (Wildman–Crippen MR) is 54.6 cm³/mol. The van der Waals surface area contributed by atoms with Crippen LogP contribution in [0.5, 0.6) is 0 Å². The summed E-state index contributed by atoms with van der Waals surface area (Å²) in [6.45, 7) is 4.88. The average Bonchev–Trinajstić information content (AvgIpc) is 2.13. The number of hydrogen-bond acceptors (Lipinski definition) is 3. The molecule has 0 aromatic carbocycles. The Kier molecular flexibility index (Phi) is 5.23. The molecule has 0 fully saturated rings. The van der Waals surface area contributed by atoms with Crippen LogP contribution in [0.15, 0.2) is 11.8 Å². The van der Waals surface area contributed by atoms with Crippen LogP contribution in [-0.2, 0) is 9.53 Å². The fraction of sp³-hybridized carbons (Fsp3) is 0.700. The number of hydrogen-bond donors (Lipinski definition) is 1. The highest BCUT2D eigenvalue weighted by Crippen LogP contribution is 2.01. The minimum absolute atomic E-state index is 0.282. The van der Waals surface area contributed by atoms with Gasteiger partial charge in [0, 0.05) is 0 Å². The molecule has 0 radical (unpaired) electrons. The number of aliphatic hydroxyl groups excluding tert-OH is 1. The number of nitrogens with zero attached hydrogens (tertiary/aromatic N) is 1. The Morgan fingerprint density at radius 1 is 1.50 bits per heavy atom. The molecule has 0 atom stereocenters. The van der Waals surface area contributed by atoms with Crippen LogP contribution in [0.1, 0.15) is 20.3 Å². The molecule has 0 saturated carbocycles. The van der Waals surface area contributed by atoms with Gasteiger partial charge in [0.2, 0.25) is 6.73 Å². The van der Waals surface area contributed by atoms with E-state index in [1.165, 1.54) is 6.08 Å². The van der Waals surface area contributed by atoms with Gasteiger partial charge < -0.3 is 9.84 Å². The number of allylic oxidation sites excluding steroid dienone is 1. The van der Waals surface area contributed by atoms with Crippen LogP contribution in [0.2, 0.25) is 0 Å². The van der Waals surface area contributed by atoms with Crippen LogP contribution < -0.4 is 0 Å². The van der Waals surface area contributed by atoms with Crippen molar-refractivity contribution < 1.29 is 19.1 Å². The summed E-state index contributed by atoms with van der Waals surface area (Å²) in [6.07, 6.45) is 2.35. The van der Waals surface area contributed by atoms with Crippen molar-refractivity contribution in [2.24, 2.45) is 0 Å². The molecule has 0 aliphatic heterocycles. The molecular formula is C10H20NO3+. The van der Waals surface area contributed by atoms with Gasteiger partial charge >= 0.3 is 5.97 Å². The maximum atomic E-state index is 11.1. The lowest BCUT2D eigenvalue weighted by Crippen LogP contribution is -2.42. The Hall–Kier alpha value is -1.03. The second kappa shape index (κ2) is 5.65. The standard InChI is InChI=1S/C10H19NO3/c1-5-7-11(3,4)8-14-10(13)9(12)6-2/h6H,5,7-8H2,1-4H3/p+1. The zero-order valence-corrected chi connectivity index (χ0v) is 9.41. The van der Waals surface area contributed by atoms with Gasteiger partial charge in [0.1, 0.15) is 0 Å². The Balaban J connectivity index is 3.99. The van der Waals surface area contributed by atoms with E-state index in [2.05, 4.69) is 6.92 Å². The molecule has 4 nitrogen and oxygen atoms in total. The van der Waals surface area contributed by atoms with Gasteiger partial charge in [0.15, 0.2) is 5.76 Å². The smallest absolute Gasteiger partial charge is 0.377 e. The third-order valence-corrected chi connectivity index (χ3v) is 1.86. The molecule has 1 N–H and O–H groups in total. The zero-order valence-electron chi connectivity index (χ0n) is 9.41. The summed E-state index contributed by atoms with van der Waals surface area (Å²) in [4.78, 5) is 11.1. The van der Waals surface area contributed by atoms with Crippen LogP contribution in [0.3, 0.4) is 0 Å². The molecule has 82 valence electrons. The maximum absolute atomic E-state index is 11.1. The van der Waals surface area contributed by atoms with Gasteiger partial charge in [-0.3, -0.25) is 4.48 Å². The van der Waals surface area contributed by atoms with Gasteiger partial charge in [0.25, 0.3) is 0 Å². The number of esters is 1. The molecule has 0 spiro atoms. The van der Waals surface area contributed by atoms with Crippen molar-refractivity contribution >= 4 is 5.97 Å². The predicted octanol–water partition coefficient (Wildman–Crippen LogP) is 1.44. The lowest BCUT2D eigenvalue weighted by atomic mass is 10.4. The third kappa shape index (κ3) is 4.87. The molecule has 0 heterocycles. The first-order valence-electron chi connectivity index (χ1n) is 4.77. The lowest BCUT2D eigenvalue weighted by Gasteiger charge is -2.27. The first-order valence-corrected chi connectivity index (χ1v) is 4.77. The van der Waals surface area contributed by atoms with Crippen LogP contribution in [0.4, 0.5) is 0 Å². The van der Waals surface area contributed by atoms with E-state index in [9.17, 15) is 4.79 Å². The van der Waals surface area contributed by atoms with E-state index in [1.54, 1.807) is 6.92 Å². The van der Waals surface area contributed by atoms with E-state index in [0.29, 0.717) is 4.48 Å². The van der Waals surface area contributed by atoms with Gasteiger partial charge in [-0.2, -0.15) is 0 Å². The second-order valence-corrected chi connectivity index (χ2v) is 3.89. The molecule has 0 amide bonds. The maximum Gasteiger partial charge on any atom is 0.377 e. The van der Waals surface area contributed by atoms with Crippen LogP contribution >= 0.6 is 0 Å². The fourth-order valence-electron chi connectivity index (χ4n) is 1.10. The van der Waals surface area contributed by atoms with Crippen LogP contribution in [0, 0.1) is 0 Å². The number of rotatable bonds is 5.